The standard InChI is InChI=1S/C17H26N4O3S/c22-15(18-11-12-2-9-24-17(10-12)5-1-6-17)19-16-21-20-14(25-16)13-3-7-23-8-4-13/h12-13H,1-11H2,(H2,18,19,21,22). The molecule has 0 radical (unpaired) electrons. The van der Waals surface area contributed by atoms with E-state index in [-0.39, 0.29) is 11.6 Å². The third-order valence-corrected chi connectivity index (χ3v) is 6.64. The number of carbonyl (C=O) groups is 1. The maximum absolute atomic E-state index is 12.2. The van der Waals surface area contributed by atoms with Crippen LogP contribution in [-0.4, -0.2) is 48.2 Å². The van der Waals surface area contributed by atoms with Crippen LogP contribution in [0.25, 0.3) is 0 Å². The second kappa shape index (κ2) is 7.55. The molecule has 1 aromatic heterocycles. The van der Waals surface area contributed by atoms with Gasteiger partial charge >= 0.3 is 6.03 Å². The molecule has 1 spiro atoms. The summed E-state index contributed by atoms with van der Waals surface area (Å²) in [4.78, 5) is 12.2. The molecule has 1 atom stereocenters. The van der Waals surface area contributed by atoms with Gasteiger partial charge in [0.05, 0.1) is 5.60 Å². The van der Waals surface area contributed by atoms with Crippen LogP contribution in [0.1, 0.15) is 55.9 Å². The van der Waals surface area contributed by atoms with Crippen LogP contribution in [0, 0.1) is 5.92 Å². The van der Waals surface area contributed by atoms with E-state index in [0.717, 1.165) is 50.5 Å². The van der Waals surface area contributed by atoms with Crippen LogP contribution in [0.4, 0.5) is 9.93 Å². The van der Waals surface area contributed by atoms with E-state index in [1.165, 1.54) is 30.6 Å². The van der Waals surface area contributed by atoms with Gasteiger partial charge in [0.2, 0.25) is 5.13 Å². The Bertz CT molecular complexity index is 598. The highest BCUT2D eigenvalue weighted by Crippen LogP contribution is 2.44. The lowest BCUT2D eigenvalue weighted by Gasteiger charge is -2.47. The minimum absolute atomic E-state index is 0.124. The molecule has 4 rings (SSSR count). The predicted octanol–water partition coefficient (Wildman–Crippen LogP) is 2.90. The highest BCUT2D eigenvalue weighted by molar-refractivity contribution is 7.15. The van der Waals surface area contributed by atoms with Gasteiger partial charge in [0.1, 0.15) is 5.01 Å². The molecule has 2 N–H and O–H groups in total. The van der Waals surface area contributed by atoms with Crippen LogP contribution in [0.3, 0.4) is 0 Å². The predicted molar refractivity (Wildman–Crippen MR) is 95.0 cm³/mol. The fraction of sp³-hybridized carbons (Fsp3) is 0.824. The first-order valence-corrected chi connectivity index (χ1v) is 10.1. The fourth-order valence-corrected chi connectivity index (χ4v) is 4.90. The zero-order valence-corrected chi connectivity index (χ0v) is 15.3. The summed E-state index contributed by atoms with van der Waals surface area (Å²) in [7, 11) is 0. The van der Waals surface area contributed by atoms with Crippen LogP contribution in [0.5, 0.6) is 0 Å². The fourth-order valence-electron chi connectivity index (χ4n) is 4.00. The number of ether oxygens (including phenoxy) is 2. The Hall–Kier alpha value is -1.25. The maximum Gasteiger partial charge on any atom is 0.321 e. The van der Waals surface area contributed by atoms with Gasteiger partial charge in [0, 0.05) is 32.3 Å². The molecule has 3 heterocycles. The van der Waals surface area contributed by atoms with Gasteiger partial charge in [-0.05, 0) is 50.9 Å². The van der Waals surface area contributed by atoms with Gasteiger partial charge in [-0.2, -0.15) is 0 Å². The Morgan fingerprint density at radius 1 is 1.20 bits per heavy atom. The summed E-state index contributed by atoms with van der Waals surface area (Å²) in [5, 5.41) is 15.7. The lowest BCUT2D eigenvalue weighted by molar-refractivity contribution is -0.142. The number of anilines is 1. The Labute approximate surface area is 151 Å². The summed E-state index contributed by atoms with van der Waals surface area (Å²) in [6.07, 6.45) is 7.67. The lowest BCUT2D eigenvalue weighted by atomic mass is 9.72. The van der Waals surface area contributed by atoms with Gasteiger partial charge in [-0.1, -0.05) is 11.3 Å². The van der Waals surface area contributed by atoms with Crippen molar-refractivity contribution >= 4 is 22.5 Å². The molecule has 2 saturated heterocycles. The van der Waals surface area contributed by atoms with Gasteiger partial charge in [0.15, 0.2) is 0 Å². The highest BCUT2D eigenvalue weighted by atomic mass is 32.1. The first-order chi connectivity index (χ1) is 12.2. The van der Waals surface area contributed by atoms with Gasteiger partial charge < -0.3 is 14.8 Å². The van der Waals surface area contributed by atoms with Crippen LogP contribution >= 0.6 is 11.3 Å². The van der Waals surface area contributed by atoms with Crippen molar-refractivity contribution in [1.29, 1.82) is 0 Å². The summed E-state index contributed by atoms with van der Waals surface area (Å²) >= 11 is 1.47. The van der Waals surface area contributed by atoms with Crippen molar-refractivity contribution in [2.24, 2.45) is 5.92 Å². The SMILES string of the molecule is O=C(NCC1CCOC2(CCC2)C1)Nc1nnc(C2CCOCC2)s1. The summed E-state index contributed by atoms with van der Waals surface area (Å²) < 4.78 is 11.3. The number of carbonyl (C=O) groups excluding carboxylic acids is 1. The summed E-state index contributed by atoms with van der Waals surface area (Å²) in [6.45, 7) is 3.07. The number of urea groups is 1. The Morgan fingerprint density at radius 3 is 2.80 bits per heavy atom. The Balaban J connectivity index is 1.23. The molecular formula is C17H26N4O3S. The van der Waals surface area contributed by atoms with Crippen LogP contribution in [-0.2, 0) is 9.47 Å². The molecule has 1 aliphatic carbocycles. The van der Waals surface area contributed by atoms with Gasteiger partial charge in [-0.25, -0.2) is 4.79 Å². The Morgan fingerprint density at radius 2 is 2.04 bits per heavy atom. The van der Waals surface area contributed by atoms with Crippen molar-refractivity contribution < 1.29 is 14.3 Å². The van der Waals surface area contributed by atoms with E-state index in [1.807, 2.05) is 0 Å². The molecule has 3 fully saturated rings. The molecule has 2 aliphatic heterocycles. The molecular weight excluding hydrogens is 340 g/mol. The van der Waals surface area contributed by atoms with Crippen LogP contribution < -0.4 is 10.6 Å². The third-order valence-electron chi connectivity index (χ3n) is 5.64. The topological polar surface area (TPSA) is 85.4 Å². The lowest BCUT2D eigenvalue weighted by Crippen LogP contribution is -2.47. The number of nitrogens with zero attached hydrogens (tertiary/aromatic N) is 2. The maximum atomic E-state index is 12.2. The van der Waals surface area contributed by atoms with Crippen molar-refractivity contribution in [3.63, 3.8) is 0 Å². The van der Waals surface area contributed by atoms with Gasteiger partial charge in [0.25, 0.3) is 0 Å². The molecule has 1 unspecified atom stereocenters. The average molecular weight is 366 g/mol. The molecule has 2 amide bonds. The Kier molecular flexibility index (Phi) is 5.19. The van der Waals surface area contributed by atoms with Crippen LogP contribution in [0.15, 0.2) is 0 Å². The number of rotatable bonds is 4. The second-order valence-electron chi connectivity index (χ2n) is 7.41. The van der Waals surface area contributed by atoms with Crippen molar-refractivity contribution in [3.8, 4) is 0 Å². The number of nitrogens with one attached hydrogen (secondary N) is 2. The normalized spacial score (nSPS) is 26.2. The first-order valence-electron chi connectivity index (χ1n) is 9.32. The minimum atomic E-state index is -0.191. The third kappa shape index (κ3) is 4.12. The van der Waals surface area contributed by atoms with Crippen molar-refractivity contribution in [1.82, 2.24) is 15.5 Å². The molecule has 138 valence electrons. The van der Waals surface area contributed by atoms with Gasteiger partial charge in [-0.15, -0.1) is 10.2 Å². The smallest absolute Gasteiger partial charge is 0.321 e. The summed E-state index contributed by atoms with van der Waals surface area (Å²) in [5.74, 6) is 0.915. The largest absolute Gasteiger partial charge is 0.381 e. The molecule has 3 aliphatic rings. The van der Waals surface area contributed by atoms with E-state index in [2.05, 4.69) is 20.8 Å². The van der Waals surface area contributed by atoms with E-state index in [9.17, 15) is 4.79 Å². The number of aromatic nitrogens is 2. The monoisotopic (exact) mass is 366 g/mol. The average Bonchev–Trinajstić information content (AvgIpc) is 3.08. The molecule has 7 nitrogen and oxygen atoms in total. The van der Waals surface area contributed by atoms with E-state index < -0.39 is 0 Å². The van der Waals surface area contributed by atoms with Crippen molar-refractivity contribution in [2.75, 3.05) is 31.7 Å². The zero-order chi connectivity index (χ0) is 17.1. The minimum Gasteiger partial charge on any atom is -0.381 e. The summed E-state index contributed by atoms with van der Waals surface area (Å²) in [6, 6.07) is -0.191. The molecule has 1 saturated carbocycles. The van der Waals surface area contributed by atoms with E-state index in [4.69, 9.17) is 9.47 Å². The van der Waals surface area contributed by atoms with E-state index in [0.29, 0.717) is 23.5 Å². The summed E-state index contributed by atoms with van der Waals surface area (Å²) in [5.41, 5.74) is 0.124. The second-order valence-corrected chi connectivity index (χ2v) is 8.42. The van der Waals surface area contributed by atoms with Crippen molar-refractivity contribution in [3.05, 3.63) is 5.01 Å². The molecule has 25 heavy (non-hydrogen) atoms. The number of amides is 2. The molecule has 0 aromatic carbocycles. The quantitative estimate of drug-likeness (QED) is 0.856. The van der Waals surface area contributed by atoms with Gasteiger partial charge in [-0.3, -0.25) is 5.32 Å². The van der Waals surface area contributed by atoms with Crippen LogP contribution in [0.2, 0.25) is 0 Å². The zero-order valence-electron chi connectivity index (χ0n) is 14.5. The first kappa shape index (κ1) is 17.2. The molecule has 0 bridgehead atoms. The molecule has 8 heteroatoms. The molecule has 1 aromatic rings. The number of hydrogen-bond acceptors (Lipinski definition) is 6. The van der Waals surface area contributed by atoms with Crippen molar-refractivity contribution in [2.45, 2.75) is 56.5 Å². The van der Waals surface area contributed by atoms with E-state index >= 15 is 0 Å². The van der Waals surface area contributed by atoms with E-state index in [1.54, 1.807) is 0 Å². The number of hydrogen-bond donors (Lipinski definition) is 2. The highest BCUT2D eigenvalue weighted by Gasteiger charge is 2.42.